The van der Waals surface area contributed by atoms with Crippen LogP contribution in [0.1, 0.15) is 17.7 Å². The number of halogens is 2. The van der Waals surface area contributed by atoms with E-state index in [1.807, 2.05) is 0 Å². The van der Waals surface area contributed by atoms with Gasteiger partial charge in [0.05, 0.1) is 12.2 Å². The normalized spacial score (nSPS) is 22.4. The van der Waals surface area contributed by atoms with Gasteiger partial charge in [-0.05, 0) is 37.6 Å². The van der Waals surface area contributed by atoms with Crippen molar-refractivity contribution in [3.05, 3.63) is 51.7 Å². The maximum atomic E-state index is 15.2. The zero-order valence-electron chi connectivity index (χ0n) is 19.6. The molecule has 0 bridgehead atoms. The Balaban J connectivity index is 1.33. The molecule has 0 N–H and O–H groups in total. The topological polar surface area (TPSA) is 78.2 Å². The van der Waals surface area contributed by atoms with E-state index >= 15 is 4.39 Å². The van der Waals surface area contributed by atoms with Gasteiger partial charge in [0.15, 0.2) is 29.1 Å². The lowest BCUT2D eigenvalue weighted by Gasteiger charge is -2.48. The standard InChI is InChI=1S/C22H18B4F2N4O4/c1-10-7-17-29-11(2)18(28)20(33)32(17)30-19(10)31-6-5-14(13(27)9-31)34-12-3-4-15-16(8-12)36-22(25,26)21(23,24)35-15/h3-4,7-8,13-14H,5-6,9H2,1-2H3/t13-,14-/m0/s1. The van der Waals surface area contributed by atoms with E-state index in [4.69, 9.17) is 45.6 Å². The Morgan fingerprint density at radius 1 is 1.11 bits per heavy atom. The number of piperidine rings is 1. The van der Waals surface area contributed by atoms with Crippen molar-refractivity contribution in [3.8, 4) is 17.2 Å². The number of ether oxygens (including phenoxy) is 3. The summed E-state index contributed by atoms with van der Waals surface area (Å²) in [5.74, 6) is 0.0487. The average molecular weight is 484 g/mol. The fraction of sp³-hybridized carbons (Fsp3) is 0.409. The van der Waals surface area contributed by atoms with Crippen molar-refractivity contribution in [2.24, 2.45) is 0 Å². The third kappa shape index (κ3) is 4.10. The minimum Gasteiger partial charge on any atom is -0.501 e. The van der Waals surface area contributed by atoms with Crippen molar-refractivity contribution >= 4 is 42.9 Å². The Hall–Kier alpha value is -3.17. The van der Waals surface area contributed by atoms with Gasteiger partial charge in [-0.1, -0.05) is 0 Å². The first kappa shape index (κ1) is 24.5. The summed E-state index contributed by atoms with van der Waals surface area (Å²) in [5.41, 5.74) is -0.0275. The number of rotatable bonds is 3. The fourth-order valence-electron chi connectivity index (χ4n) is 4.19. The van der Waals surface area contributed by atoms with Gasteiger partial charge in [-0.15, -0.1) is 5.10 Å². The molecule has 0 unspecified atom stereocenters. The van der Waals surface area contributed by atoms with Crippen LogP contribution >= 0.6 is 0 Å². The largest absolute Gasteiger partial charge is 0.501 e. The second-order valence-corrected chi connectivity index (χ2v) is 9.04. The highest BCUT2D eigenvalue weighted by Gasteiger charge is 2.43. The fourth-order valence-corrected chi connectivity index (χ4v) is 4.19. The van der Waals surface area contributed by atoms with Gasteiger partial charge in [0.1, 0.15) is 43.2 Å². The smallest absolute Gasteiger partial charge is 0.310 e. The average Bonchev–Trinajstić information content (AvgIpc) is 2.79. The van der Waals surface area contributed by atoms with Gasteiger partial charge < -0.3 is 19.1 Å². The van der Waals surface area contributed by atoms with E-state index in [-0.39, 0.29) is 29.4 Å². The van der Waals surface area contributed by atoms with Crippen molar-refractivity contribution in [2.45, 2.75) is 43.3 Å². The summed E-state index contributed by atoms with van der Waals surface area (Å²) in [6, 6.07) is 6.14. The van der Waals surface area contributed by atoms with Gasteiger partial charge in [-0.2, -0.15) is 8.91 Å². The van der Waals surface area contributed by atoms with Crippen LogP contribution in [0.15, 0.2) is 29.1 Å². The van der Waals surface area contributed by atoms with E-state index in [1.165, 1.54) is 19.1 Å². The van der Waals surface area contributed by atoms with Crippen molar-refractivity contribution in [3.63, 3.8) is 0 Å². The number of hydrogen-bond acceptors (Lipinski definition) is 7. The van der Waals surface area contributed by atoms with Crippen molar-refractivity contribution in [2.75, 3.05) is 18.0 Å². The van der Waals surface area contributed by atoms with E-state index in [0.29, 0.717) is 30.1 Å². The second-order valence-electron chi connectivity index (χ2n) is 9.04. The number of aryl methyl sites for hydroxylation is 2. The van der Waals surface area contributed by atoms with Gasteiger partial charge in [0, 0.05) is 29.8 Å². The predicted octanol–water partition coefficient (Wildman–Crippen LogP) is 0.594. The molecule has 3 aromatic rings. The first-order valence-electron chi connectivity index (χ1n) is 11.2. The molecule has 1 aromatic carbocycles. The molecule has 1 saturated heterocycles. The first-order chi connectivity index (χ1) is 16.9. The molecule has 36 heavy (non-hydrogen) atoms. The molecule has 0 amide bonds. The summed E-state index contributed by atoms with van der Waals surface area (Å²) >= 11 is 0. The summed E-state index contributed by atoms with van der Waals surface area (Å²) in [4.78, 5) is 18.1. The molecule has 14 heteroatoms. The van der Waals surface area contributed by atoms with Crippen LogP contribution in [0.4, 0.5) is 14.6 Å². The van der Waals surface area contributed by atoms with Crippen LogP contribution < -0.4 is 24.7 Å². The molecule has 176 valence electrons. The molecule has 0 spiro atoms. The molecule has 1 fully saturated rings. The molecule has 2 aliphatic rings. The van der Waals surface area contributed by atoms with E-state index in [9.17, 15) is 9.18 Å². The summed E-state index contributed by atoms with van der Waals surface area (Å²) < 4.78 is 46.9. The Morgan fingerprint density at radius 2 is 1.81 bits per heavy atom. The third-order valence-corrected chi connectivity index (χ3v) is 6.24. The van der Waals surface area contributed by atoms with E-state index < -0.39 is 34.5 Å². The lowest BCUT2D eigenvalue weighted by Crippen LogP contribution is -2.65. The van der Waals surface area contributed by atoms with Crippen LogP contribution in [0.25, 0.3) is 5.65 Å². The number of alkyl halides is 1. The Morgan fingerprint density at radius 3 is 2.50 bits per heavy atom. The van der Waals surface area contributed by atoms with Crippen LogP contribution in [-0.4, -0.2) is 82.1 Å². The maximum absolute atomic E-state index is 15.2. The molecule has 2 aromatic heterocycles. The highest BCUT2D eigenvalue weighted by molar-refractivity contribution is 6.53. The zero-order valence-corrected chi connectivity index (χ0v) is 19.6. The predicted molar refractivity (Wildman–Crippen MR) is 131 cm³/mol. The lowest BCUT2D eigenvalue weighted by atomic mass is 9.41. The SMILES string of the molecule is [B]C1([B])Oc2ccc(O[C@H]3CCN(c4nn5c(=O)c(F)c(C)nc5cc4C)C[C@@H]3F)cc2OC1([B])[B]. The summed E-state index contributed by atoms with van der Waals surface area (Å²) in [6.07, 6.45) is -1.88. The minimum atomic E-state index is -2.00. The molecule has 0 aliphatic carbocycles. The van der Waals surface area contributed by atoms with Crippen LogP contribution in [0.5, 0.6) is 17.2 Å². The van der Waals surface area contributed by atoms with E-state index in [2.05, 4.69) is 10.1 Å². The molecule has 2 aliphatic heterocycles. The monoisotopic (exact) mass is 484 g/mol. The third-order valence-electron chi connectivity index (χ3n) is 6.24. The summed E-state index contributed by atoms with van der Waals surface area (Å²) in [5, 5.41) is 0.301. The van der Waals surface area contributed by atoms with Gasteiger partial charge >= 0.3 is 5.56 Å². The van der Waals surface area contributed by atoms with Crippen LogP contribution in [0, 0.1) is 19.7 Å². The minimum absolute atomic E-state index is 0.0103. The number of aromatic nitrogens is 3. The highest BCUT2D eigenvalue weighted by atomic mass is 19.1. The number of nitrogens with zero attached hydrogens (tertiary/aromatic N) is 4. The van der Waals surface area contributed by atoms with E-state index in [1.54, 1.807) is 24.0 Å². The Bertz CT molecular complexity index is 1420. The maximum Gasteiger partial charge on any atom is 0.310 e. The van der Waals surface area contributed by atoms with E-state index in [0.717, 1.165) is 4.52 Å². The molecule has 5 rings (SSSR count). The quantitative estimate of drug-likeness (QED) is 0.505. The van der Waals surface area contributed by atoms with Crippen LogP contribution in [-0.2, 0) is 0 Å². The number of hydrogen-bond donors (Lipinski definition) is 0. The van der Waals surface area contributed by atoms with Crippen molar-refractivity contribution in [1.29, 1.82) is 0 Å². The molecular formula is C22H18B4F2N4O4. The van der Waals surface area contributed by atoms with Gasteiger partial charge in [0.25, 0.3) is 0 Å². The molecule has 2 atom stereocenters. The molecule has 0 saturated carbocycles. The van der Waals surface area contributed by atoms with Crippen LogP contribution in [0.2, 0.25) is 0 Å². The molecule has 8 radical (unpaired) electrons. The van der Waals surface area contributed by atoms with Gasteiger partial charge in [-0.3, -0.25) is 4.79 Å². The van der Waals surface area contributed by atoms with Gasteiger partial charge in [-0.25, -0.2) is 9.37 Å². The zero-order chi connectivity index (χ0) is 26.0. The lowest BCUT2D eigenvalue weighted by molar-refractivity contribution is 0.0587. The summed E-state index contributed by atoms with van der Waals surface area (Å²) in [6.45, 7) is 3.50. The highest BCUT2D eigenvalue weighted by Crippen LogP contribution is 2.41. The number of fused-ring (bicyclic) bond motifs is 2. The molecular weight excluding hydrogens is 466 g/mol. The Kier molecular flexibility index (Phi) is 5.76. The first-order valence-corrected chi connectivity index (χ1v) is 11.2. The molecule has 4 heterocycles. The Labute approximate surface area is 210 Å². The van der Waals surface area contributed by atoms with Crippen LogP contribution in [0.3, 0.4) is 0 Å². The number of anilines is 1. The second kappa shape index (κ2) is 8.45. The summed E-state index contributed by atoms with van der Waals surface area (Å²) in [7, 11) is 23.1. The van der Waals surface area contributed by atoms with Gasteiger partial charge in [0.2, 0.25) is 5.82 Å². The van der Waals surface area contributed by atoms with Crippen molar-refractivity contribution < 1.29 is 23.0 Å². The molecule has 8 nitrogen and oxygen atoms in total. The van der Waals surface area contributed by atoms with Crippen molar-refractivity contribution in [1.82, 2.24) is 14.6 Å². The number of benzene rings is 1.